The average molecular weight is 372 g/mol. The molecule has 1 saturated heterocycles. The summed E-state index contributed by atoms with van der Waals surface area (Å²) in [5.41, 5.74) is 11.0. The highest BCUT2D eigenvalue weighted by Gasteiger charge is 2.33. The minimum Gasteiger partial charge on any atom is -0.438 e. The Hall–Kier alpha value is -1.91. The summed E-state index contributed by atoms with van der Waals surface area (Å²) < 4.78 is 31.3. The molecule has 0 spiro atoms. The second kappa shape index (κ2) is 7.54. The third-order valence-corrected chi connectivity index (χ3v) is 5.78. The molecule has 2 amide bonds. The largest absolute Gasteiger partial charge is 0.438 e. The van der Waals surface area contributed by atoms with Crippen molar-refractivity contribution in [2.45, 2.75) is 31.4 Å². The Morgan fingerprint density at radius 3 is 2.28 bits per heavy atom. The lowest BCUT2D eigenvalue weighted by molar-refractivity contribution is -0.134. The number of sulfonamides is 1. The van der Waals surface area contributed by atoms with Gasteiger partial charge >= 0.3 is 0 Å². The van der Waals surface area contributed by atoms with E-state index in [0.717, 1.165) is 0 Å². The van der Waals surface area contributed by atoms with Crippen LogP contribution in [0.1, 0.15) is 30.8 Å². The van der Waals surface area contributed by atoms with Gasteiger partial charge in [0.05, 0.1) is 6.04 Å². The van der Waals surface area contributed by atoms with Gasteiger partial charge in [0.15, 0.2) is 5.76 Å². The van der Waals surface area contributed by atoms with E-state index in [-0.39, 0.29) is 42.9 Å². The van der Waals surface area contributed by atoms with Gasteiger partial charge in [-0.05, 0) is 24.5 Å². The fourth-order valence-corrected chi connectivity index (χ4v) is 4.04. The topological polar surface area (TPSA) is 140 Å². The highest BCUT2D eigenvalue weighted by Crippen LogP contribution is 2.20. The first-order chi connectivity index (χ1) is 11.6. The number of carbonyl (C=O) groups excluding carboxylic acids is 2. The third kappa shape index (κ3) is 4.39. The maximum absolute atomic E-state index is 12.5. The van der Waals surface area contributed by atoms with Gasteiger partial charge in [-0.3, -0.25) is 9.59 Å². The molecule has 2 heterocycles. The average Bonchev–Trinajstić information content (AvgIpc) is 3.04. The van der Waals surface area contributed by atoms with E-state index in [4.69, 9.17) is 15.9 Å². The number of nitrogens with two attached hydrogens (primary N) is 2. The van der Waals surface area contributed by atoms with E-state index in [9.17, 15) is 18.0 Å². The third-order valence-electron chi connectivity index (χ3n) is 4.01. The van der Waals surface area contributed by atoms with Crippen molar-refractivity contribution in [2.24, 2.45) is 17.4 Å². The Morgan fingerprint density at radius 1 is 1.20 bits per heavy atom. The summed E-state index contributed by atoms with van der Waals surface area (Å²) in [6, 6.07) is 1.84. The van der Waals surface area contributed by atoms with Gasteiger partial charge in [0.25, 0.3) is 15.9 Å². The molecule has 0 aliphatic carbocycles. The molecule has 1 aliphatic rings. The molecule has 9 nitrogen and oxygen atoms in total. The zero-order valence-corrected chi connectivity index (χ0v) is 15.2. The summed E-state index contributed by atoms with van der Waals surface area (Å²) in [4.78, 5) is 24.9. The lowest BCUT2D eigenvalue weighted by Gasteiger charge is -2.34. The molecule has 4 N–H and O–H groups in total. The number of rotatable bonds is 6. The standard InChI is InChI=1S/C15H24N4O5S/c1-10(2)9-11(16)15(21)18-5-7-19(8-6-18)25(22,23)13-4-3-12(24-13)14(17)20/h3-4,10-11H,5-9,16H2,1-2H3,(H2,17,20)/t11-/m0/s1. The van der Waals surface area contributed by atoms with Crippen LogP contribution in [0.3, 0.4) is 0 Å². The Kier molecular flexibility index (Phi) is 5.86. The Balaban J connectivity index is 2.01. The fourth-order valence-electron chi connectivity index (χ4n) is 2.71. The van der Waals surface area contributed by atoms with Gasteiger partial charge in [0.2, 0.25) is 11.0 Å². The van der Waals surface area contributed by atoms with Gasteiger partial charge in [-0.2, -0.15) is 4.31 Å². The molecule has 1 aromatic rings. The van der Waals surface area contributed by atoms with Crippen molar-refractivity contribution in [2.75, 3.05) is 26.2 Å². The van der Waals surface area contributed by atoms with Gasteiger partial charge in [-0.25, -0.2) is 8.42 Å². The second-order valence-corrected chi connectivity index (χ2v) is 8.32. The summed E-state index contributed by atoms with van der Waals surface area (Å²) in [6.45, 7) is 4.76. The lowest BCUT2D eigenvalue weighted by atomic mass is 10.0. The smallest absolute Gasteiger partial charge is 0.284 e. The maximum Gasteiger partial charge on any atom is 0.284 e. The minimum absolute atomic E-state index is 0.134. The molecule has 1 aromatic heterocycles. The number of hydrogen-bond donors (Lipinski definition) is 2. The van der Waals surface area contributed by atoms with E-state index in [1.54, 1.807) is 4.90 Å². The molecule has 0 aromatic carbocycles. The molecular weight excluding hydrogens is 348 g/mol. The maximum atomic E-state index is 12.5. The van der Waals surface area contributed by atoms with E-state index in [2.05, 4.69) is 0 Å². The zero-order chi connectivity index (χ0) is 18.8. The van der Waals surface area contributed by atoms with Crippen LogP contribution in [0.25, 0.3) is 0 Å². The highest BCUT2D eigenvalue weighted by molar-refractivity contribution is 7.89. The van der Waals surface area contributed by atoms with E-state index >= 15 is 0 Å². The first-order valence-corrected chi connectivity index (χ1v) is 9.51. The van der Waals surface area contributed by atoms with E-state index in [1.165, 1.54) is 16.4 Å². The Bertz CT molecular complexity index is 735. The lowest BCUT2D eigenvalue weighted by Crippen LogP contribution is -2.54. The molecule has 25 heavy (non-hydrogen) atoms. The summed E-state index contributed by atoms with van der Waals surface area (Å²) in [6.07, 6.45) is 0.583. The molecule has 1 fully saturated rings. The van der Waals surface area contributed by atoms with Gasteiger partial charge in [-0.15, -0.1) is 0 Å². The molecule has 0 unspecified atom stereocenters. The van der Waals surface area contributed by atoms with Crippen molar-refractivity contribution in [3.63, 3.8) is 0 Å². The molecule has 0 radical (unpaired) electrons. The van der Waals surface area contributed by atoms with Gasteiger partial charge in [0, 0.05) is 26.2 Å². The number of piperazine rings is 1. The molecule has 0 saturated carbocycles. The quantitative estimate of drug-likeness (QED) is 0.695. The van der Waals surface area contributed by atoms with Crippen LogP contribution >= 0.6 is 0 Å². The Labute approximate surface area is 147 Å². The van der Waals surface area contributed by atoms with Crippen LogP contribution in [0.15, 0.2) is 21.6 Å². The fraction of sp³-hybridized carbons (Fsp3) is 0.600. The molecule has 1 atom stereocenters. The molecular formula is C15H24N4O5S. The number of carbonyl (C=O) groups is 2. The van der Waals surface area contributed by atoms with Crippen LogP contribution in [0.5, 0.6) is 0 Å². The molecule has 2 rings (SSSR count). The Morgan fingerprint density at radius 2 is 1.80 bits per heavy atom. The summed E-state index contributed by atoms with van der Waals surface area (Å²) in [5.74, 6) is -0.915. The predicted octanol–water partition coefficient (Wildman–Crippen LogP) is -0.415. The predicted molar refractivity (Wildman–Crippen MR) is 90.0 cm³/mol. The van der Waals surface area contributed by atoms with Gasteiger partial charge < -0.3 is 20.8 Å². The summed E-state index contributed by atoms with van der Waals surface area (Å²) in [7, 11) is -3.87. The first-order valence-electron chi connectivity index (χ1n) is 8.07. The first kappa shape index (κ1) is 19.4. The monoisotopic (exact) mass is 372 g/mol. The van der Waals surface area contributed by atoms with Crippen LogP contribution in [0, 0.1) is 5.92 Å². The van der Waals surface area contributed by atoms with Crippen molar-refractivity contribution >= 4 is 21.8 Å². The van der Waals surface area contributed by atoms with Crippen molar-refractivity contribution < 1.29 is 22.4 Å². The number of hydrogen-bond acceptors (Lipinski definition) is 6. The zero-order valence-electron chi connectivity index (χ0n) is 14.3. The van der Waals surface area contributed by atoms with Crippen molar-refractivity contribution in [1.82, 2.24) is 9.21 Å². The van der Waals surface area contributed by atoms with E-state index in [0.29, 0.717) is 12.3 Å². The van der Waals surface area contributed by atoms with Crippen LogP contribution in [0.2, 0.25) is 0 Å². The number of furan rings is 1. The van der Waals surface area contributed by atoms with Crippen LogP contribution in [0.4, 0.5) is 0 Å². The van der Waals surface area contributed by atoms with E-state index in [1.807, 2.05) is 13.8 Å². The van der Waals surface area contributed by atoms with Crippen molar-refractivity contribution in [3.05, 3.63) is 17.9 Å². The van der Waals surface area contributed by atoms with Gasteiger partial charge in [-0.1, -0.05) is 13.8 Å². The number of primary amides is 1. The highest BCUT2D eigenvalue weighted by atomic mass is 32.2. The summed E-state index contributed by atoms with van der Waals surface area (Å²) in [5, 5.41) is -0.336. The SMILES string of the molecule is CC(C)C[C@H](N)C(=O)N1CCN(S(=O)(=O)c2ccc(C(N)=O)o2)CC1. The van der Waals surface area contributed by atoms with E-state index < -0.39 is 22.0 Å². The van der Waals surface area contributed by atoms with Crippen molar-refractivity contribution in [3.8, 4) is 0 Å². The van der Waals surface area contributed by atoms with Crippen molar-refractivity contribution in [1.29, 1.82) is 0 Å². The van der Waals surface area contributed by atoms with Crippen LogP contribution in [-0.4, -0.2) is 61.7 Å². The molecule has 140 valence electrons. The molecule has 10 heteroatoms. The number of nitrogens with zero attached hydrogens (tertiary/aromatic N) is 2. The normalized spacial score (nSPS) is 17.7. The van der Waals surface area contributed by atoms with Crippen LogP contribution in [-0.2, 0) is 14.8 Å². The molecule has 1 aliphatic heterocycles. The molecule has 0 bridgehead atoms. The second-order valence-electron chi connectivity index (χ2n) is 6.45. The van der Waals surface area contributed by atoms with Crippen LogP contribution < -0.4 is 11.5 Å². The minimum atomic E-state index is -3.87. The van der Waals surface area contributed by atoms with Gasteiger partial charge in [0.1, 0.15) is 0 Å². The summed E-state index contributed by atoms with van der Waals surface area (Å²) >= 11 is 0. The number of amides is 2.